The SMILES string of the molecule is CC(C)C(Sc1nnc(N2CCCCC2)n1Cc1ccco1)C(=O)NC(N)=O. The molecule has 10 heteroatoms. The maximum Gasteiger partial charge on any atom is 0.318 e. The standard InChI is InChI=1S/C18H26N6O3S/c1-12(2)14(15(25)20-16(19)26)28-18-22-21-17(23-8-4-3-5-9-23)24(18)11-13-7-6-10-27-13/h6-7,10,12,14H,3-5,8-9,11H2,1-2H3,(H3,19,20,25,26). The van der Waals surface area contributed by atoms with Gasteiger partial charge >= 0.3 is 6.03 Å². The first-order chi connectivity index (χ1) is 13.5. The third kappa shape index (κ3) is 4.86. The van der Waals surface area contributed by atoms with Crippen LogP contribution in [0, 0.1) is 5.92 Å². The minimum atomic E-state index is -0.859. The van der Waals surface area contributed by atoms with Gasteiger partial charge in [-0.3, -0.25) is 14.7 Å². The van der Waals surface area contributed by atoms with E-state index in [2.05, 4.69) is 20.4 Å². The summed E-state index contributed by atoms with van der Waals surface area (Å²) < 4.78 is 7.49. The normalized spacial score (nSPS) is 15.6. The zero-order valence-electron chi connectivity index (χ0n) is 16.1. The molecule has 0 bridgehead atoms. The number of nitrogens with zero attached hydrogens (tertiary/aromatic N) is 4. The smallest absolute Gasteiger partial charge is 0.318 e. The lowest BCUT2D eigenvalue weighted by Crippen LogP contribution is -2.42. The molecule has 0 spiro atoms. The van der Waals surface area contributed by atoms with Crippen molar-refractivity contribution in [2.45, 2.75) is 50.1 Å². The predicted molar refractivity (Wildman–Crippen MR) is 106 cm³/mol. The maximum absolute atomic E-state index is 12.4. The van der Waals surface area contributed by atoms with Gasteiger partial charge < -0.3 is 15.1 Å². The molecule has 0 saturated carbocycles. The van der Waals surface area contributed by atoms with E-state index in [0.29, 0.717) is 11.7 Å². The molecule has 0 aliphatic carbocycles. The fourth-order valence-corrected chi connectivity index (χ4v) is 4.22. The van der Waals surface area contributed by atoms with E-state index in [-0.39, 0.29) is 5.92 Å². The van der Waals surface area contributed by atoms with Gasteiger partial charge in [-0.25, -0.2) is 4.79 Å². The average Bonchev–Trinajstić information content (AvgIpc) is 3.30. The lowest BCUT2D eigenvalue weighted by molar-refractivity contribution is -0.120. The van der Waals surface area contributed by atoms with Crippen molar-refractivity contribution in [3.63, 3.8) is 0 Å². The summed E-state index contributed by atoms with van der Waals surface area (Å²) in [6.45, 7) is 6.15. The lowest BCUT2D eigenvalue weighted by atomic mass is 10.1. The number of hydrogen-bond acceptors (Lipinski definition) is 7. The molecule has 1 saturated heterocycles. The van der Waals surface area contributed by atoms with Gasteiger partial charge in [-0.05, 0) is 37.3 Å². The molecule has 3 heterocycles. The summed E-state index contributed by atoms with van der Waals surface area (Å²) in [4.78, 5) is 25.7. The van der Waals surface area contributed by atoms with E-state index in [4.69, 9.17) is 10.2 Å². The molecule has 1 atom stereocenters. The van der Waals surface area contributed by atoms with Crippen LogP contribution in [0.25, 0.3) is 0 Å². The number of carbonyl (C=O) groups excluding carboxylic acids is 2. The van der Waals surface area contributed by atoms with Crippen LogP contribution in [-0.2, 0) is 11.3 Å². The molecule has 3 N–H and O–H groups in total. The molecular weight excluding hydrogens is 380 g/mol. The van der Waals surface area contributed by atoms with Gasteiger partial charge in [-0.15, -0.1) is 10.2 Å². The van der Waals surface area contributed by atoms with Crippen LogP contribution >= 0.6 is 11.8 Å². The number of piperidine rings is 1. The van der Waals surface area contributed by atoms with Gasteiger partial charge in [0.25, 0.3) is 0 Å². The van der Waals surface area contributed by atoms with Gasteiger partial charge in [-0.2, -0.15) is 0 Å². The average molecular weight is 407 g/mol. The molecular formula is C18H26N6O3S. The lowest BCUT2D eigenvalue weighted by Gasteiger charge is -2.28. The number of carbonyl (C=O) groups is 2. The highest BCUT2D eigenvalue weighted by atomic mass is 32.2. The fraction of sp³-hybridized carbons (Fsp3) is 0.556. The molecule has 2 aromatic rings. The van der Waals surface area contributed by atoms with Crippen LogP contribution in [0.1, 0.15) is 38.9 Å². The minimum absolute atomic E-state index is 0.0310. The summed E-state index contributed by atoms with van der Waals surface area (Å²) in [7, 11) is 0. The molecule has 28 heavy (non-hydrogen) atoms. The second-order valence-electron chi connectivity index (χ2n) is 7.13. The van der Waals surface area contributed by atoms with Crippen LogP contribution in [-0.4, -0.2) is 45.0 Å². The third-order valence-electron chi connectivity index (χ3n) is 4.57. The summed E-state index contributed by atoms with van der Waals surface area (Å²) in [5, 5.41) is 11.0. The molecule has 0 radical (unpaired) electrons. The number of thioether (sulfide) groups is 1. The molecule has 1 aliphatic heterocycles. The molecule has 1 unspecified atom stereocenters. The first kappa shape index (κ1) is 20.2. The molecule has 0 aromatic carbocycles. The number of imide groups is 1. The Bertz CT molecular complexity index is 798. The largest absolute Gasteiger partial charge is 0.467 e. The molecule has 3 amide bonds. The van der Waals surface area contributed by atoms with Gasteiger partial charge in [0.2, 0.25) is 11.9 Å². The number of furan rings is 1. The first-order valence-electron chi connectivity index (χ1n) is 9.43. The second kappa shape index (κ2) is 9.13. The van der Waals surface area contributed by atoms with Gasteiger partial charge in [-0.1, -0.05) is 25.6 Å². The Kier molecular flexibility index (Phi) is 6.61. The number of amides is 3. The molecule has 152 valence electrons. The van der Waals surface area contributed by atoms with Gasteiger partial charge in [0.15, 0.2) is 5.16 Å². The van der Waals surface area contributed by atoms with E-state index < -0.39 is 17.2 Å². The van der Waals surface area contributed by atoms with Crippen molar-refractivity contribution < 1.29 is 14.0 Å². The van der Waals surface area contributed by atoms with Gasteiger partial charge in [0, 0.05) is 13.1 Å². The summed E-state index contributed by atoms with van der Waals surface area (Å²) in [6, 6.07) is 2.88. The Labute approximate surface area is 168 Å². The minimum Gasteiger partial charge on any atom is -0.467 e. The van der Waals surface area contributed by atoms with E-state index in [1.165, 1.54) is 18.2 Å². The highest BCUT2D eigenvalue weighted by Gasteiger charge is 2.29. The monoisotopic (exact) mass is 406 g/mol. The van der Waals surface area contributed by atoms with Crippen LogP contribution in [0.3, 0.4) is 0 Å². The third-order valence-corrected chi connectivity index (χ3v) is 6.10. The summed E-state index contributed by atoms with van der Waals surface area (Å²) >= 11 is 1.28. The van der Waals surface area contributed by atoms with Crippen molar-refractivity contribution in [2.75, 3.05) is 18.0 Å². The van der Waals surface area contributed by atoms with Crippen molar-refractivity contribution in [1.29, 1.82) is 0 Å². The van der Waals surface area contributed by atoms with E-state index in [9.17, 15) is 9.59 Å². The van der Waals surface area contributed by atoms with Crippen LogP contribution in [0.2, 0.25) is 0 Å². The number of primary amides is 1. The number of nitrogens with one attached hydrogen (secondary N) is 1. The van der Waals surface area contributed by atoms with Crippen molar-refractivity contribution >= 4 is 29.6 Å². The highest BCUT2D eigenvalue weighted by Crippen LogP contribution is 2.31. The van der Waals surface area contributed by atoms with Crippen molar-refractivity contribution in [3.8, 4) is 0 Å². The Hall–Kier alpha value is -2.49. The zero-order chi connectivity index (χ0) is 20.1. The number of anilines is 1. The first-order valence-corrected chi connectivity index (χ1v) is 10.3. The van der Waals surface area contributed by atoms with Crippen LogP contribution in [0.5, 0.6) is 0 Å². The Morgan fingerprint density at radius 1 is 1.29 bits per heavy atom. The number of nitrogens with two attached hydrogens (primary N) is 1. The molecule has 1 aliphatic rings. The number of urea groups is 1. The summed E-state index contributed by atoms with van der Waals surface area (Å²) in [5.74, 6) is 1.09. The number of hydrogen-bond donors (Lipinski definition) is 2. The number of aromatic nitrogens is 3. The second-order valence-corrected chi connectivity index (χ2v) is 8.24. The van der Waals surface area contributed by atoms with Crippen molar-refractivity contribution in [1.82, 2.24) is 20.1 Å². The van der Waals surface area contributed by atoms with Crippen LogP contribution in [0.4, 0.5) is 10.7 Å². The van der Waals surface area contributed by atoms with E-state index in [1.54, 1.807) is 6.26 Å². The highest BCUT2D eigenvalue weighted by molar-refractivity contribution is 8.00. The number of rotatable bonds is 7. The predicted octanol–water partition coefficient (Wildman–Crippen LogP) is 2.22. The summed E-state index contributed by atoms with van der Waals surface area (Å²) in [6.07, 6.45) is 5.08. The van der Waals surface area contributed by atoms with E-state index >= 15 is 0 Å². The van der Waals surface area contributed by atoms with E-state index in [0.717, 1.165) is 37.6 Å². The Balaban J connectivity index is 1.89. The van der Waals surface area contributed by atoms with Crippen molar-refractivity contribution in [2.24, 2.45) is 11.7 Å². The molecule has 3 rings (SSSR count). The Morgan fingerprint density at radius 2 is 2.04 bits per heavy atom. The fourth-order valence-electron chi connectivity index (χ4n) is 3.19. The summed E-state index contributed by atoms with van der Waals surface area (Å²) in [5.41, 5.74) is 5.11. The van der Waals surface area contributed by atoms with E-state index in [1.807, 2.05) is 30.5 Å². The topological polar surface area (TPSA) is 119 Å². The maximum atomic E-state index is 12.4. The van der Waals surface area contributed by atoms with Crippen LogP contribution < -0.4 is 16.0 Å². The molecule has 2 aromatic heterocycles. The molecule has 1 fully saturated rings. The van der Waals surface area contributed by atoms with Crippen LogP contribution in [0.15, 0.2) is 28.0 Å². The zero-order valence-corrected chi connectivity index (χ0v) is 16.9. The van der Waals surface area contributed by atoms with Gasteiger partial charge in [0.05, 0.1) is 18.1 Å². The molecule has 9 nitrogen and oxygen atoms in total. The van der Waals surface area contributed by atoms with Crippen molar-refractivity contribution in [3.05, 3.63) is 24.2 Å². The quantitative estimate of drug-likeness (QED) is 0.677. The Morgan fingerprint density at radius 3 is 2.64 bits per heavy atom. The van der Waals surface area contributed by atoms with Gasteiger partial charge in [0.1, 0.15) is 5.76 Å².